The Morgan fingerprint density at radius 3 is 2.80 bits per heavy atom. The van der Waals surface area contributed by atoms with Gasteiger partial charge in [-0.25, -0.2) is 0 Å². The van der Waals surface area contributed by atoms with Crippen molar-refractivity contribution in [3.8, 4) is 5.75 Å². The zero-order valence-corrected chi connectivity index (χ0v) is 11.4. The van der Waals surface area contributed by atoms with E-state index in [1.54, 1.807) is 0 Å². The molecular formula is C13H15ClF2N2O2. The Bertz CT molecular complexity index is 481. The summed E-state index contributed by atoms with van der Waals surface area (Å²) >= 11 is 5.79. The SMILES string of the molecule is O=C(CCNC1CC1)Nc1ccc(OC(F)F)c(Cl)c1. The normalized spacial score (nSPS) is 14.4. The van der Waals surface area contributed by atoms with Gasteiger partial charge in [-0.1, -0.05) is 11.6 Å². The van der Waals surface area contributed by atoms with Crippen LogP contribution < -0.4 is 15.4 Å². The molecule has 4 nitrogen and oxygen atoms in total. The van der Waals surface area contributed by atoms with E-state index in [1.807, 2.05) is 0 Å². The largest absolute Gasteiger partial charge is 0.433 e. The molecule has 2 N–H and O–H groups in total. The second kappa shape index (κ2) is 6.85. The first-order valence-corrected chi connectivity index (χ1v) is 6.70. The second-order valence-electron chi connectivity index (χ2n) is 4.55. The van der Waals surface area contributed by atoms with Gasteiger partial charge in [-0.05, 0) is 31.0 Å². The lowest BCUT2D eigenvalue weighted by atomic mass is 10.3. The van der Waals surface area contributed by atoms with E-state index in [9.17, 15) is 13.6 Å². The van der Waals surface area contributed by atoms with Crippen molar-refractivity contribution in [3.05, 3.63) is 23.2 Å². The zero-order valence-electron chi connectivity index (χ0n) is 10.7. The Hall–Kier alpha value is -1.40. The molecule has 0 radical (unpaired) electrons. The van der Waals surface area contributed by atoms with E-state index in [0.29, 0.717) is 24.7 Å². The van der Waals surface area contributed by atoms with Gasteiger partial charge in [-0.2, -0.15) is 8.78 Å². The number of hydrogen-bond donors (Lipinski definition) is 2. The van der Waals surface area contributed by atoms with Crippen LogP contribution in [0.2, 0.25) is 5.02 Å². The maximum absolute atomic E-state index is 12.1. The van der Waals surface area contributed by atoms with Crippen molar-refractivity contribution in [2.24, 2.45) is 0 Å². The topological polar surface area (TPSA) is 50.4 Å². The van der Waals surface area contributed by atoms with Gasteiger partial charge in [0.1, 0.15) is 5.75 Å². The molecule has 1 aromatic rings. The number of carbonyl (C=O) groups is 1. The molecule has 1 fully saturated rings. The minimum absolute atomic E-state index is 0.0270. The first kappa shape index (κ1) is 15.0. The van der Waals surface area contributed by atoms with Crippen molar-refractivity contribution >= 4 is 23.2 Å². The Labute approximate surface area is 120 Å². The van der Waals surface area contributed by atoms with Crippen LogP contribution in [-0.4, -0.2) is 25.1 Å². The Kier molecular flexibility index (Phi) is 5.14. The minimum Gasteiger partial charge on any atom is -0.433 e. The summed E-state index contributed by atoms with van der Waals surface area (Å²) in [5, 5.41) is 5.90. The molecule has 1 saturated carbocycles. The molecule has 0 atom stereocenters. The van der Waals surface area contributed by atoms with Crippen LogP contribution in [0.15, 0.2) is 18.2 Å². The van der Waals surface area contributed by atoms with Crippen molar-refractivity contribution in [2.75, 3.05) is 11.9 Å². The predicted octanol–water partition coefficient (Wildman–Crippen LogP) is 3.02. The lowest BCUT2D eigenvalue weighted by Crippen LogP contribution is -2.23. The highest BCUT2D eigenvalue weighted by atomic mass is 35.5. The van der Waals surface area contributed by atoms with E-state index in [0.717, 1.165) is 0 Å². The molecule has 0 aromatic heterocycles. The molecule has 2 rings (SSSR count). The molecule has 110 valence electrons. The van der Waals surface area contributed by atoms with Gasteiger partial charge in [0.05, 0.1) is 5.02 Å². The van der Waals surface area contributed by atoms with Crippen molar-refractivity contribution in [2.45, 2.75) is 31.9 Å². The van der Waals surface area contributed by atoms with E-state index < -0.39 is 6.61 Å². The summed E-state index contributed by atoms with van der Waals surface area (Å²) in [7, 11) is 0. The van der Waals surface area contributed by atoms with Gasteiger partial charge in [-0.3, -0.25) is 4.79 Å². The minimum atomic E-state index is -2.93. The highest BCUT2D eigenvalue weighted by molar-refractivity contribution is 6.32. The summed E-state index contributed by atoms with van der Waals surface area (Å²) in [6.07, 6.45) is 2.69. The van der Waals surface area contributed by atoms with Crippen LogP contribution in [0.1, 0.15) is 19.3 Å². The highest BCUT2D eigenvalue weighted by Crippen LogP contribution is 2.28. The van der Waals surface area contributed by atoms with E-state index in [4.69, 9.17) is 11.6 Å². The van der Waals surface area contributed by atoms with Crippen LogP contribution in [0.25, 0.3) is 0 Å². The number of nitrogens with one attached hydrogen (secondary N) is 2. The van der Waals surface area contributed by atoms with Gasteiger partial charge in [-0.15, -0.1) is 0 Å². The first-order valence-electron chi connectivity index (χ1n) is 6.32. The third-order valence-corrected chi connectivity index (χ3v) is 3.09. The molecule has 1 aliphatic carbocycles. The predicted molar refractivity (Wildman–Crippen MR) is 72.4 cm³/mol. The number of anilines is 1. The smallest absolute Gasteiger partial charge is 0.387 e. The lowest BCUT2D eigenvalue weighted by Gasteiger charge is -2.09. The van der Waals surface area contributed by atoms with E-state index >= 15 is 0 Å². The summed E-state index contributed by atoms with van der Waals surface area (Å²) in [6.45, 7) is -2.31. The molecule has 20 heavy (non-hydrogen) atoms. The quantitative estimate of drug-likeness (QED) is 0.814. The first-order chi connectivity index (χ1) is 9.54. The van der Waals surface area contributed by atoms with Gasteiger partial charge in [0.15, 0.2) is 0 Å². The van der Waals surface area contributed by atoms with E-state index in [1.165, 1.54) is 31.0 Å². The molecule has 0 aliphatic heterocycles. The van der Waals surface area contributed by atoms with Crippen LogP contribution in [0.5, 0.6) is 5.75 Å². The molecular weight excluding hydrogens is 290 g/mol. The van der Waals surface area contributed by atoms with Gasteiger partial charge < -0.3 is 15.4 Å². The summed E-state index contributed by atoms with van der Waals surface area (Å²) < 4.78 is 28.3. The number of hydrogen-bond acceptors (Lipinski definition) is 3. The monoisotopic (exact) mass is 304 g/mol. The number of ether oxygens (including phenoxy) is 1. The average Bonchev–Trinajstić information content (AvgIpc) is 3.16. The van der Waals surface area contributed by atoms with Gasteiger partial charge >= 0.3 is 6.61 Å². The molecule has 0 unspecified atom stereocenters. The van der Waals surface area contributed by atoms with Crippen LogP contribution in [-0.2, 0) is 4.79 Å². The van der Waals surface area contributed by atoms with Gasteiger partial charge in [0.2, 0.25) is 5.91 Å². The Morgan fingerprint density at radius 1 is 1.45 bits per heavy atom. The number of carbonyl (C=O) groups excluding carboxylic acids is 1. The van der Waals surface area contributed by atoms with Crippen molar-refractivity contribution in [3.63, 3.8) is 0 Å². The maximum atomic E-state index is 12.1. The summed E-state index contributed by atoms with van der Waals surface area (Å²) in [4.78, 5) is 11.6. The maximum Gasteiger partial charge on any atom is 0.387 e. The number of halogens is 3. The number of rotatable bonds is 7. The fourth-order valence-corrected chi connectivity index (χ4v) is 1.90. The summed E-state index contributed by atoms with van der Waals surface area (Å²) in [5.41, 5.74) is 0.452. The lowest BCUT2D eigenvalue weighted by molar-refractivity contribution is -0.116. The Morgan fingerprint density at radius 2 is 2.20 bits per heavy atom. The van der Waals surface area contributed by atoms with Crippen molar-refractivity contribution in [1.29, 1.82) is 0 Å². The number of alkyl halides is 2. The van der Waals surface area contributed by atoms with Crippen LogP contribution in [0, 0.1) is 0 Å². The molecule has 0 bridgehead atoms. The molecule has 1 amide bonds. The Balaban J connectivity index is 1.82. The zero-order chi connectivity index (χ0) is 14.5. The third-order valence-electron chi connectivity index (χ3n) is 2.79. The number of amides is 1. The van der Waals surface area contributed by atoms with E-state index in [-0.39, 0.29) is 16.7 Å². The number of benzene rings is 1. The molecule has 0 spiro atoms. The molecule has 1 aliphatic rings. The second-order valence-corrected chi connectivity index (χ2v) is 4.96. The molecule has 1 aromatic carbocycles. The van der Waals surface area contributed by atoms with Crippen LogP contribution >= 0.6 is 11.6 Å². The average molecular weight is 305 g/mol. The standard InChI is InChI=1S/C13H15ClF2N2O2/c14-10-7-9(3-4-11(10)20-13(15)16)18-12(19)5-6-17-8-1-2-8/h3-4,7-8,13,17H,1-2,5-6H2,(H,18,19). The third kappa shape index (κ3) is 4.94. The molecule has 0 heterocycles. The fraction of sp³-hybridized carbons (Fsp3) is 0.462. The fourth-order valence-electron chi connectivity index (χ4n) is 1.67. The van der Waals surface area contributed by atoms with Crippen molar-refractivity contribution < 1.29 is 18.3 Å². The van der Waals surface area contributed by atoms with Crippen molar-refractivity contribution in [1.82, 2.24) is 5.32 Å². The summed E-state index contributed by atoms with van der Waals surface area (Å²) in [6, 6.07) is 4.71. The van der Waals surface area contributed by atoms with Crippen LogP contribution in [0.3, 0.4) is 0 Å². The molecule has 0 saturated heterocycles. The van der Waals surface area contributed by atoms with E-state index in [2.05, 4.69) is 15.4 Å². The van der Waals surface area contributed by atoms with Gasteiger partial charge in [0, 0.05) is 24.7 Å². The van der Waals surface area contributed by atoms with Gasteiger partial charge in [0.25, 0.3) is 0 Å². The van der Waals surface area contributed by atoms with Crippen LogP contribution in [0.4, 0.5) is 14.5 Å². The summed E-state index contributed by atoms with van der Waals surface area (Å²) in [5.74, 6) is -0.271. The molecule has 7 heteroatoms. The highest BCUT2D eigenvalue weighted by Gasteiger charge is 2.20.